The van der Waals surface area contributed by atoms with Gasteiger partial charge in [0, 0.05) is 17.6 Å². The molecule has 9 heteroatoms. The minimum Gasteiger partial charge on any atom is -0.632 e. The van der Waals surface area contributed by atoms with Crippen molar-refractivity contribution in [1.29, 1.82) is 0 Å². The maximum absolute atomic E-state index is 13.0. The molecule has 9 nitrogen and oxygen atoms in total. The number of aliphatic hydroxyl groups excluding tert-OH is 1. The number of esters is 2. The van der Waals surface area contributed by atoms with Gasteiger partial charge >= 0.3 is 11.9 Å². The van der Waals surface area contributed by atoms with Crippen LogP contribution in [0.25, 0.3) is 0 Å². The van der Waals surface area contributed by atoms with E-state index in [1.807, 2.05) is 0 Å². The van der Waals surface area contributed by atoms with Crippen LogP contribution in [-0.2, 0) is 19.1 Å². The molecule has 164 valence electrons. The van der Waals surface area contributed by atoms with Crippen molar-refractivity contribution < 1.29 is 39.0 Å². The number of aliphatic hydroxyl groups is 3. The van der Waals surface area contributed by atoms with Crippen LogP contribution in [0.3, 0.4) is 0 Å². The van der Waals surface area contributed by atoms with Gasteiger partial charge in [0.05, 0.1) is 19.2 Å². The molecule has 29 heavy (non-hydrogen) atoms. The van der Waals surface area contributed by atoms with Crippen LogP contribution in [0.5, 0.6) is 0 Å². The number of ether oxygens (including phenoxy) is 2. The molecule has 0 aliphatic carbocycles. The SMILES string of the molecule is C/C=C(/C)C(=O)O[C@H]1CC[N+]2([O-])CC=C(COC(=O)C(O)([C@H](C)O)C(C)(C)O)[C@H]12. The van der Waals surface area contributed by atoms with Gasteiger partial charge in [0.25, 0.3) is 0 Å². The van der Waals surface area contributed by atoms with Crippen molar-refractivity contribution in [2.45, 2.75) is 70.5 Å². The summed E-state index contributed by atoms with van der Waals surface area (Å²) in [6.07, 6.45) is 1.43. The molecule has 0 aromatic heterocycles. The lowest BCUT2D eigenvalue weighted by Gasteiger charge is -2.41. The molecule has 0 amide bonds. The highest BCUT2D eigenvalue weighted by Crippen LogP contribution is 2.38. The summed E-state index contributed by atoms with van der Waals surface area (Å²) in [4.78, 5) is 24.6. The highest BCUT2D eigenvalue weighted by Gasteiger charge is 2.55. The normalized spacial score (nSPS) is 30.2. The molecule has 2 unspecified atom stereocenters. The van der Waals surface area contributed by atoms with Gasteiger partial charge in [0.1, 0.15) is 12.2 Å². The first-order valence-electron chi connectivity index (χ1n) is 9.68. The Morgan fingerprint density at radius 3 is 2.55 bits per heavy atom. The second-order valence-corrected chi connectivity index (χ2v) is 8.36. The van der Waals surface area contributed by atoms with Crippen molar-refractivity contribution in [2.24, 2.45) is 0 Å². The van der Waals surface area contributed by atoms with Crippen LogP contribution in [0.1, 0.15) is 41.0 Å². The van der Waals surface area contributed by atoms with Crippen molar-refractivity contribution in [3.05, 3.63) is 28.5 Å². The van der Waals surface area contributed by atoms with Crippen LogP contribution < -0.4 is 0 Å². The fourth-order valence-electron chi connectivity index (χ4n) is 3.89. The van der Waals surface area contributed by atoms with Crippen molar-refractivity contribution in [3.8, 4) is 0 Å². The highest BCUT2D eigenvalue weighted by atomic mass is 16.6. The van der Waals surface area contributed by atoms with E-state index < -0.39 is 46.0 Å². The summed E-state index contributed by atoms with van der Waals surface area (Å²) >= 11 is 0. The van der Waals surface area contributed by atoms with Gasteiger partial charge in [-0.15, -0.1) is 0 Å². The lowest BCUT2D eigenvalue weighted by atomic mass is 9.81. The molecular formula is C20H31NO8. The number of hydrogen-bond acceptors (Lipinski definition) is 8. The number of allylic oxidation sites excluding steroid dienone is 1. The molecular weight excluding hydrogens is 382 g/mol. The van der Waals surface area contributed by atoms with Gasteiger partial charge in [-0.05, 0) is 40.7 Å². The van der Waals surface area contributed by atoms with Crippen molar-refractivity contribution in [1.82, 2.24) is 0 Å². The zero-order valence-electron chi connectivity index (χ0n) is 17.5. The van der Waals surface area contributed by atoms with E-state index in [-0.39, 0.29) is 19.7 Å². The third kappa shape index (κ3) is 4.24. The Kier molecular flexibility index (Phi) is 6.61. The lowest BCUT2D eigenvalue weighted by molar-refractivity contribution is -0.877. The number of quaternary nitrogens is 1. The van der Waals surface area contributed by atoms with E-state index in [1.165, 1.54) is 20.8 Å². The Morgan fingerprint density at radius 1 is 1.41 bits per heavy atom. The predicted octanol–water partition coefficient (Wildman–Crippen LogP) is 0.317. The molecule has 0 aromatic rings. The molecule has 0 radical (unpaired) electrons. The van der Waals surface area contributed by atoms with E-state index in [0.29, 0.717) is 17.6 Å². The average Bonchev–Trinajstić information content (AvgIpc) is 3.12. The summed E-state index contributed by atoms with van der Waals surface area (Å²) in [5.74, 6) is -1.70. The zero-order chi connectivity index (χ0) is 22.2. The van der Waals surface area contributed by atoms with Crippen LogP contribution in [-0.4, -0.2) is 81.1 Å². The number of carbonyl (C=O) groups excluding carboxylic acids is 2. The van der Waals surface area contributed by atoms with E-state index in [2.05, 4.69) is 0 Å². The Morgan fingerprint density at radius 2 is 2.03 bits per heavy atom. The molecule has 2 rings (SSSR count). The van der Waals surface area contributed by atoms with E-state index in [9.17, 15) is 30.1 Å². The molecule has 2 heterocycles. The second kappa shape index (κ2) is 8.16. The zero-order valence-corrected chi connectivity index (χ0v) is 17.5. The Balaban J connectivity index is 2.13. The fourth-order valence-corrected chi connectivity index (χ4v) is 3.89. The van der Waals surface area contributed by atoms with Crippen molar-refractivity contribution in [3.63, 3.8) is 0 Å². The molecule has 1 saturated heterocycles. The molecule has 3 N–H and O–H groups in total. The average molecular weight is 413 g/mol. The first-order valence-corrected chi connectivity index (χ1v) is 9.68. The van der Waals surface area contributed by atoms with Crippen LogP contribution in [0.2, 0.25) is 0 Å². The van der Waals surface area contributed by atoms with Crippen molar-refractivity contribution >= 4 is 11.9 Å². The quantitative estimate of drug-likeness (QED) is 0.178. The Labute approximate surface area is 170 Å². The van der Waals surface area contributed by atoms with Crippen LogP contribution in [0.4, 0.5) is 0 Å². The molecule has 0 saturated carbocycles. The van der Waals surface area contributed by atoms with Crippen LogP contribution in [0.15, 0.2) is 23.3 Å². The molecule has 2 aliphatic heterocycles. The van der Waals surface area contributed by atoms with E-state index in [0.717, 1.165) is 0 Å². The van der Waals surface area contributed by atoms with Crippen LogP contribution in [0, 0.1) is 5.21 Å². The maximum atomic E-state index is 13.0. The maximum Gasteiger partial charge on any atom is 0.344 e. The molecule has 1 fully saturated rings. The molecule has 2 aliphatic rings. The molecule has 5 atom stereocenters. The van der Waals surface area contributed by atoms with Gasteiger partial charge in [-0.3, -0.25) is 0 Å². The predicted molar refractivity (Wildman–Crippen MR) is 103 cm³/mol. The van der Waals surface area contributed by atoms with Gasteiger partial charge in [-0.2, -0.15) is 0 Å². The smallest absolute Gasteiger partial charge is 0.344 e. The summed E-state index contributed by atoms with van der Waals surface area (Å²) in [7, 11) is 0. The summed E-state index contributed by atoms with van der Waals surface area (Å²) in [6, 6.07) is -0.696. The lowest BCUT2D eigenvalue weighted by Crippen LogP contribution is -2.63. The molecule has 0 spiro atoms. The third-order valence-corrected chi connectivity index (χ3v) is 5.93. The minimum atomic E-state index is -2.54. The van der Waals surface area contributed by atoms with Crippen LogP contribution >= 0.6 is 0 Å². The summed E-state index contributed by atoms with van der Waals surface area (Å²) in [6.45, 7) is 7.00. The number of rotatable bonds is 7. The standard InChI is InChI=1S/C20H31NO8/c1-6-12(2)17(23)29-15-8-10-21(27)9-7-14(16(15)21)11-28-18(24)20(26,13(3)22)19(4,5)25/h6-7,13,15-16,22,25-26H,8-11H2,1-5H3/b12-6-/t13-,15-,16+,20?,21?/m0/s1. The first-order chi connectivity index (χ1) is 13.3. The van der Waals surface area contributed by atoms with E-state index in [4.69, 9.17) is 9.47 Å². The summed E-state index contributed by atoms with van der Waals surface area (Å²) in [5, 5.41) is 43.5. The Hall–Kier alpha value is -1.78. The highest BCUT2D eigenvalue weighted by molar-refractivity contribution is 5.87. The number of nitrogens with zero attached hydrogens (tertiary/aromatic N) is 1. The van der Waals surface area contributed by atoms with Gasteiger partial charge in [-0.25, -0.2) is 9.59 Å². The van der Waals surface area contributed by atoms with Gasteiger partial charge in [0.2, 0.25) is 5.60 Å². The molecule has 0 bridgehead atoms. The number of carbonyl (C=O) groups is 2. The minimum absolute atomic E-state index is 0.167. The summed E-state index contributed by atoms with van der Waals surface area (Å²) in [5.41, 5.74) is -3.58. The second-order valence-electron chi connectivity index (χ2n) is 8.36. The van der Waals surface area contributed by atoms with Gasteiger partial charge in [0.15, 0.2) is 12.1 Å². The van der Waals surface area contributed by atoms with Crippen molar-refractivity contribution in [2.75, 3.05) is 19.7 Å². The van der Waals surface area contributed by atoms with Gasteiger partial charge < -0.3 is 34.6 Å². The fraction of sp³-hybridized carbons (Fsp3) is 0.700. The monoisotopic (exact) mass is 413 g/mol. The number of hydroxylamine groups is 3. The number of hydrogen-bond donors (Lipinski definition) is 3. The first kappa shape index (κ1) is 23.5. The summed E-state index contributed by atoms with van der Waals surface area (Å²) < 4.78 is 10.1. The number of fused-ring (bicyclic) bond motifs is 1. The topological polar surface area (TPSA) is 136 Å². The molecule has 0 aromatic carbocycles. The Bertz CT molecular complexity index is 722. The van der Waals surface area contributed by atoms with Gasteiger partial charge in [-0.1, -0.05) is 6.08 Å². The van der Waals surface area contributed by atoms with E-state index in [1.54, 1.807) is 26.0 Å². The largest absolute Gasteiger partial charge is 0.632 e. The third-order valence-electron chi connectivity index (χ3n) is 5.93. The van der Waals surface area contributed by atoms with E-state index >= 15 is 0 Å².